The van der Waals surface area contributed by atoms with Crippen LogP contribution in [0.3, 0.4) is 0 Å². The number of halogens is 3. The molecule has 2 atom stereocenters. The molecule has 2 saturated heterocycles. The van der Waals surface area contributed by atoms with Gasteiger partial charge in [0.2, 0.25) is 0 Å². The zero-order chi connectivity index (χ0) is 19.2. The standard InChI is InChI=1S/C20H19F3N2O2/c21-12-5-8-18(17(23)9-12)24-19(26)25-13-6-7-14(25)11-20(27,10-13)15-3-1-2-4-16(15)22/h1-5,8-9,13-14,27H,6-7,10-11H2,(H,24,26). The van der Waals surface area contributed by atoms with Gasteiger partial charge in [0.25, 0.3) is 0 Å². The van der Waals surface area contributed by atoms with E-state index in [9.17, 15) is 23.1 Å². The van der Waals surface area contributed by atoms with E-state index in [0.717, 1.165) is 6.07 Å². The molecule has 2 heterocycles. The van der Waals surface area contributed by atoms with Crippen LogP contribution in [0.4, 0.5) is 23.7 Å². The van der Waals surface area contributed by atoms with Gasteiger partial charge in [0.1, 0.15) is 17.5 Å². The number of fused-ring (bicyclic) bond motifs is 2. The van der Waals surface area contributed by atoms with Crippen molar-refractivity contribution in [1.29, 1.82) is 0 Å². The fourth-order valence-electron chi connectivity index (χ4n) is 4.39. The van der Waals surface area contributed by atoms with E-state index < -0.39 is 29.1 Å². The number of aliphatic hydroxyl groups is 1. The Morgan fingerprint density at radius 2 is 1.70 bits per heavy atom. The van der Waals surface area contributed by atoms with Crippen molar-refractivity contribution >= 4 is 11.7 Å². The van der Waals surface area contributed by atoms with Crippen LogP contribution in [0.2, 0.25) is 0 Å². The van der Waals surface area contributed by atoms with E-state index in [-0.39, 0.29) is 36.2 Å². The van der Waals surface area contributed by atoms with Crippen LogP contribution in [0.1, 0.15) is 31.2 Å². The molecule has 0 spiro atoms. The summed E-state index contributed by atoms with van der Waals surface area (Å²) < 4.78 is 41.0. The lowest BCUT2D eigenvalue weighted by Gasteiger charge is -2.44. The van der Waals surface area contributed by atoms with E-state index in [2.05, 4.69) is 5.32 Å². The van der Waals surface area contributed by atoms with Gasteiger partial charge in [-0.15, -0.1) is 0 Å². The summed E-state index contributed by atoms with van der Waals surface area (Å²) in [6, 6.07) is 8.01. The van der Waals surface area contributed by atoms with Crippen molar-refractivity contribution in [3.63, 3.8) is 0 Å². The van der Waals surface area contributed by atoms with Crippen molar-refractivity contribution in [2.45, 2.75) is 43.4 Å². The molecule has 0 saturated carbocycles. The molecule has 2 bridgehead atoms. The Morgan fingerprint density at radius 1 is 1.04 bits per heavy atom. The van der Waals surface area contributed by atoms with Gasteiger partial charge in [-0.3, -0.25) is 0 Å². The number of carbonyl (C=O) groups excluding carboxylic acids is 1. The number of amides is 2. The third-order valence-corrected chi connectivity index (χ3v) is 5.55. The van der Waals surface area contributed by atoms with Crippen LogP contribution in [0.5, 0.6) is 0 Å². The lowest BCUT2D eigenvalue weighted by atomic mass is 9.80. The average Bonchev–Trinajstić information content (AvgIpc) is 2.90. The highest BCUT2D eigenvalue weighted by molar-refractivity contribution is 5.90. The Balaban J connectivity index is 1.54. The normalized spacial score (nSPS) is 26.9. The first-order chi connectivity index (χ1) is 12.9. The first-order valence-corrected chi connectivity index (χ1v) is 8.89. The first-order valence-electron chi connectivity index (χ1n) is 8.89. The number of nitrogens with one attached hydrogen (secondary N) is 1. The van der Waals surface area contributed by atoms with Crippen LogP contribution in [-0.4, -0.2) is 28.1 Å². The zero-order valence-electron chi connectivity index (χ0n) is 14.5. The molecule has 0 aromatic heterocycles. The van der Waals surface area contributed by atoms with Gasteiger partial charge < -0.3 is 15.3 Å². The summed E-state index contributed by atoms with van der Waals surface area (Å²) in [5.74, 6) is -2.04. The van der Waals surface area contributed by atoms with E-state index in [0.29, 0.717) is 18.9 Å². The Bertz CT molecular complexity index is 875. The molecule has 2 aliphatic rings. The molecule has 2 amide bonds. The first kappa shape index (κ1) is 17.9. The predicted octanol–water partition coefficient (Wildman–Crippen LogP) is 4.15. The number of benzene rings is 2. The van der Waals surface area contributed by atoms with Gasteiger partial charge in [0.15, 0.2) is 0 Å². The minimum absolute atomic E-state index is 0.101. The summed E-state index contributed by atoms with van der Waals surface area (Å²) in [7, 11) is 0. The minimum Gasteiger partial charge on any atom is -0.385 e. The molecule has 2 unspecified atom stereocenters. The summed E-state index contributed by atoms with van der Waals surface area (Å²) in [5, 5.41) is 13.5. The molecule has 2 aliphatic heterocycles. The van der Waals surface area contributed by atoms with Crippen LogP contribution in [0, 0.1) is 17.5 Å². The fourth-order valence-corrected chi connectivity index (χ4v) is 4.39. The summed E-state index contributed by atoms with van der Waals surface area (Å²) in [5.41, 5.74) is -1.20. The third-order valence-electron chi connectivity index (χ3n) is 5.55. The lowest BCUT2D eigenvalue weighted by molar-refractivity contribution is -0.0445. The van der Waals surface area contributed by atoms with E-state index in [4.69, 9.17) is 0 Å². The molecule has 7 heteroatoms. The number of piperidine rings is 1. The molecule has 0 radical (unpaired) electrons. The van der Waals surface area contributed by atoms with Crippen molar-refractivity contribution in [1.82, 2.24) is 4.90 Å². The molecule has 4 rings (SSSR count). The van der Waals surface area contributed by atoms with Crippen molar-refractivity contribution < 1.29 is 23.1 Å². The number of nitrogens with zero attached hydrogens (tertiary/aromatic N) is 1. The van der Waals surface area contributed by atoms with E-state index in [1.807, 2.05) is 0 Å². The van der Waals surface area contributed by atoms with Crippen LogP contribution < -0.4 is 5.32 Å². The highest BCUT2D eigenvalue weighted by Gasteiger charge is 2.50. The lowest BCUT2D eigenvalue weighted by Crippen LogP contribution is -2.53. The number of hydrogen-bond donors (Lipinski definition) is 2. The van der Waals surface area contributed by atoms with Crippen LogP contribution in [0.15, 0.2) is 42.5 Å². The van der Waals surface area contributed by atoms with Crippen molar-refractivity contribution in [2.75, 3.05) is 5.32 Å². The highest BCUT2D eigenvalue weighted by Crippen LogP contribution is 2.46. The second-order valence-electron chi connectivity index (χ2n) is 7.27. The molecular formula is C20H19F3N2O2. The Kier molecular flexibility index (Phi) is 4.34. The summed E-state index contributed by atoms with van der Waals surface area (Å²) in [4.78, 5) is 14.3. The monoisotopic (exact) mass is 376 g/mol. The Labute approximate surface area is 154 Å². The maximum atomic E-state index is 14.2. The maximum absolute atomic E-state index is 14.2. The number of carbonyl (C=O) groups is 1. The summed E-state index contributed by atoms with van der Waals surface area (Å²) in [6.07, 6.45) is 1.79. The molecule has 2 aromatic carbocycles. The fraction of sp³-hybridized carbons (Fsp3) is 0.350. The molecule has 2 aromatic rings. The second kappa shape index (κ2) is 6.56. The SMILES string of the molecule is O=C(Nc1ccc(F)cc1F)N1C2CCC1CC(O)(c1ccccc1F)C2. The predicted molar refractivity (Wildman–Crippen MR) is 93.6 cm³/mol. The molecule has 2 N–H and O–H groups in total. The smallest absolute Gasteiger partial charge is 0.322 e. The van der Waals surface area contributed by atoms with Gasteiger partial charge in [-0.05, 0) is 31.0 Å². The summed E-state index contributed by atoms with van der Waals surface area (Å²) >= 11 is 0. The van der Waals surface area contributed by atoms with Gasteiger partial charge in [-0.1, -0.05) is 18.2 Å². The van der Waals surface area contributed by atoms with E-state index >= 15 is 0 Å². The van der Waals surface area contributed by atoms with E-state index in [1.165, 1.54) is 12.1 Å². The molecule has 2 fully saturated rings. The quantitative estimate of drug-likeness (QED) is 0.827. The number of rotatable bonds is 2. The van der Waals surface area contributed by atoms with Gasteiger partial charge in [-0.25, -0.2) is 18.0 Å². The maximum Gasteiger partial charge on any atom is 0.322 e. The van der Waals surface area contributed by atoms with Gasteiger partial charge in [0, 0.05) is 36.6 Å². The number of anilines is 1. The zero-order valence-corrected chi connectivity index (χ0v) is 14.5. The van der Waals surface area contributed by atoms with Crippen LogP contribution >= 0.6 is 0 Å². The Hall–Kier alpha value is -2.54. The number of urea groups is 1. The minimum atomic E-state index is -1.34. The molecule has 142 valence electrons. The van der Waals surface area contributed by atoms with Gasteiger partial charge in [0.05, 0.1) is 11.3 Å². The topological polar surface area (TPSA) is 52.6 Å². The van der Waals surface area contributed by atoms with Crippen LogP contribution in [-0.2, 0) is 5.60 Å². The summed E-state index contributed by atoms with van der Waals surface area (Å²) in [6.45, 7) is 0. The second-order valence-corrected chi connectivity index (χ2v) is 7.27. The molecule has 0 aliphatic carbocycles. The molecule has 27 heavy (non-hydrogen) atoms. The Morgan fingerprint density at radius 3 is 2.33 bits per heavy atom. The van der Waals surface area contributed by atoms with Gasteiger partial charge >= 0.3 is 6.03 Å². The largest absolute Gasteiger partial charge is 0.385 e. The van der Waals surface area contributed by atoms with Crippen LogP contribution in [0.25, 0.3) is 0 Å². The van der Waals surface area contributed by atoms with Crippen molar-refractivity contribution in [3.05, 3.63) is 65.5 Å². The molecule has 4 nitrogen and oxygen atoms in total. The molecular weight excluding hydrogens is 357 g/mol. The van der Waals surface area contributed by atoms with Crippen molar-refractivity contribution in [2.24, 2.45) is 0 Å². The van der Waals surface area contributed by atoms with Crippen molar-refractivity contribution in [3.8, 4) is 0 Å². The highest BCUT2D eigenvalue weighted by atomic mass is 19.1. The van der Waals surface area contributed by atoms with Gasteiger partial charge in [-0.2, -0.15) is 0 Å². The number of hydrogen-bond acceptors (Lipinski definition) is 2. The van der Waals surface area contributed by atoms with E-state index in [1.54, 1.807) is 23.1 Å². The average molecular weight is 376 g/mol. The third kappa shape index (κ3) is 3.16.